The topological polar surface area (TPSA) is 69.6 Å². The van der Waals surface area contributed by atoms with Crippen LogP contribution in [0.1, 0.15) is 23.2 Å². The van der Waals surface area contributed by atoms with E-state index in [-0.39, 0.29) is 17.7 Å². The minimum Gasteiger partial charge on any atom is -0.339 e. The van der Waals surface area contributed by atoms with E-state index in [1.165, 1.54) is 0 Å². The lowest BCUT2D eigenvalue weighted by Crippen LogP contribution is -2.42. The maximum absolute atomic E-state index is 12.1. The predicted octanol–water partition coefficient (Wildman–Crippen LogP) is 1.04. The van der Waals surface area contributed by atoms with E-state index in [1.54, 1.807) is 22.5 Å². The van der Waals surface area contributed by atoms with E-state index in [0.717, 1.165) is 0 Å². The molecule has 0 unspecified atom stereocenters. The SMILES string of the molecule is O=C(NO)C1CCN(C(=O)c2ccccc2)CC1. The zero-order chi connectivity index (χ0) is 13.0. The molecule has 0 atom stereocenters. The van der Waals surface area contributed by atoms with Gasteiger partial charge in [-0.25, -0.2) is 5.48 Å². The molecule has 0 radical (unpaired) electrons. The summed E-state index contributed by atoms with van der Waals surface area (Å²) < 4.78 is 0. The summed E-state index contributed by atoms with van der Waals surface area (Å²) in [5.74, 6) is -0.560. The van der Waals surface area contributed by atoms with E-state index < -0.39 is 0 Å². The van der Waals surface area contributed by atoms with Gasteiger partial charge in [0.05, 0.1) is 0 Å². The number of nitrogens with zero attached hydrogens (tertiary/aromatic N) is 1. The summed E-state index contributed by atoms with van der Waals surface area (Å²) in [6, 6.07) is 9.11. The van der Waals surface area contributed by atoms with Crippen LogP contribution in [0.5, 0.6) is 0 Å². The molecule has 2 amide bonds. The number of rotatable bonds is 2. The molecule has 5 nitrogen and oxygen atoms in total. The zero-order valence-electron chi connectivity index (χ0n) is 10.0. The second-order valence-corrected chi connectivity index (χ2v) is 4.41. The second kappa shape index (κ2) is 5.64. The molecule has 0 aliphatic carbocycles. The molecule has 1 aromatic rings. The fourth-order valence-electron chi connectivity index (χ4n) is 2.20. The summed E-state index contributed by atoms with van der Waals surface area (Å²) in [7, 11) is 0. The van der Waals surface area contributed by atoms with Gasteiger partial charge in [0.15, 0.2) is 0 Å². The van der Waals surface area contributed by atoms with Crippen molar-refractivity contribution >= 4 is 11.8 Å². The van der Waals surface area contributed by atoms with Gasteiger partial charge in [0, 0.05) is 24.6 Å². The summed E-state index contributed by atoms with van der Waals surface area (Å²) >= 11 is 0. The first-order chi connectivity index (χ1) is 8.72. The van der Waals surface area contributed by atoms with Crippen molar-refractivity contribution in [1.82, 2.24) is 10.4 Å². The lowest BCUT2D eigenvalue weighted by molar-refractivity contribution is -0.134. The van der Waals surface area contributed by atoms with Crippen LogP contribution in [0.4, 0.5) is 0 Å². The van der Waals surface area contributed by atoms with Gasteiger partial charge >= 0.3 is 0 Å². The van der Waals surface area contributed by atoms with Crippen molar-refractivity contribution in [3.8, 4) is 0 Å². The standard InChI is InChI=1S/C13H16N2O3/c16-12(14-18)10-6-8-15(9-7-10)13(17)11-4-2-1-3-5-11/h1-5,10,18H,6-9H2,(H,14,16). The van der Waals surface area contributed by atoms with Crippen LogP contribution in [-0.4, -0.2) is 35.0 Å². The Hall–Kier alpha value is -1.88. The summed E-state index contributed by atoms with van der Waals surface area (Å²) in [6.45, 7) is 1.09. The van der Waals surface area contributed by atoms with Gasteiger partial charge in [-0.1, -0.05) is 18.2 Å². The van der Waals surface area contributed by atoms with Crippen LogP contribution in [0, 0.1) is 5.92 Å². The fourth-order valence-corrected chi connectivity index (χ4v) is 2.20. The Balaban J connectivity index is 1.94. The van der Waals surface area contributed by atoms with E-state index in [1.807, 2.05) is 18.2 Å². The highest BCUT2D eigenvalue weighted by Crippen LogP contribution is 2.19. The van der Waals surface area contributed by atoms with Crippen LogP contribution in [-0.2, 0) is 4.79 Å². The largest absolute Gasteiger partial charge is 0.339 e. The number of likely N-dealkylation sites (tertiary alicyclic amines) is 1. The molecule has 1 aromatic carbocycles. The smallest absolute Gasteiger partial charge is 0.253 e. The van der Waals surface area contributed by atoms with Crippen molar-refractivity contribution in [3.05, 3.63) is 35.9 Å². The minimum absolute atomic E-state index is 0.00143. The molecule has 18 heavy (non-hydrogen) atoms. The van der Waals surface area contributed by atoms with Crippen molar-refractivity contribution in [2.75, 3.05) is 13.1 Å². The number of benzene rings is 1. The van der Waals surface area contributed by atoms with Crippen molar-refractivity contribution in [3.63, 3.8) is 0 Å². The normalized spacial score (nSPS) is 16.4. The molecular formula is C13H16N2O3. The van der Waals surface area contributed by atoms with Gasteiger partial charge in [0.1, 0.15) is 0 Å². The Kier molecular flexibility index (Phi) is 3.94. The molecule has 1 aliphatic heterocycles. The minimum atomic E-state index is -0.359. The van der Waals surface area contributed by atoms with Gasteiger partial charge in [-0.05, 0) is 25.0 Å². The molecule has 1 fully saturated rings. The number of hydrogen-bond donors (Lipinski definition) is 2. The molecule has 5 heteroatoms. The maximum Gasteiger partial charge on any atom is 0.253 e. The molecule has 1 saturated heterocycles. The Labute approximate surface area is 105 Å². The lowest BCUT2D eigenvalue weighted by atomic mass is 9.96. The van der Waals surface area contributed by atoms with Crippen molar-refractivity contribution in [2.24, 2.45) is 5.92 Å². The predicted molar refractivity (Wildman–Crippen MR) is 65.0 cm³/mol. The van der Waals surface area contributed by atoms with E-state index in [9.17, 15) is 9.59 Å². The second-order valence-electron chi connectivity index (χ2n) is 4.41. The molecular weight excluding hydrogens is 232 g/mol. The van der Waals surface area contributed by atoms with Gasteiger partial charge in [0.2, 0.25) is 5.91 Å². The van der Waals surface area contributed by atoms with Crippen LogP contribution in [0.15, 0.2) is 30.3 Å². The summed E-state index contributed by atoms with van der Waals surface area (Å²) in [6.07, 6.45) is 1.18. The molecule has 1 aliphatic rings. The van der Waals surface area contributed by atoms with Crippen LogP contribution in [0.3, 0.4) is 0 Å². The third kappa shape index (κ3) is 2.68. The number of hydroxylamine groups is 1. The molecule has 96 valence electrons. The van der Waals surface area contributed by atoms with Crippen LogP contribution in [0.2, 0.25) is 0 Å². The average Bonchev–Trinajstić information content (AvgIpc) is 2.47. The molecule has 2 rings (SSSR count). The van der Waals surface area contributed by atoms with Crippen LogP contribution < -0.4 is 5.48 Å². The van der Waals surface area contributed by atoms with E-state index in [4.69, 9.17) is 5.21 Å². The third-order valence-electron chi connectivity index (χ3n) is 3.28. The van der Waals surface area contributed by atoms with Gasteiger partial charge in [-0.3, -0.25) is 14.8 Å². The molecule has 0 spiro atoms. The number of amides is 2. The van der Waals surface area contributed by atoms with Crippen molar-refractivity contribution < 1.29 is 14.8 Å². The molecule has 2 N–H and O–H groups in total. The van der Waals surface area contributed by atoms with Crippen LogP contribution >= 0.6 is 0 Å². The van der Waals surface area contributed by atoms with Gasteiger partial charge in [0.25, 0.3) is 5.91 Å². The first-order valence-corrected chi connectivity index (χ1v) is 6.00. The van der Waals surface area contributed by atoms with Crippen LogP contribution in [0.25, 0.3) is 0 Å². The van der Waals surface area contributed by atoms with Crippen molar-refractivity contribution in [2.45, 2.75) is 12.8 Å². The average molecular weight is 248 g/mol. The molecule has 1 heterocycles. The molecule has 0 aromatic heterocycles. The summed E-state index contributed by atoms with van der Waals surface area (Å²) in [4.78, 5) is 25.1. The Morgan fingerprint density at radius 1 is 1.17 bits per heavy atom. The molecule has 0 saturated carbocycles. The first kappa shape index (κ1) is 12.6. The Morgan fingerprint density at radius 2 is 1.78 bits per heavy atom. The number of carbonyl (C=O) groups excluding carboxylic acids is 2. The Bertz CT molecular complexity index is 425. The van der Waals surface area contributed by atoms with E-state index in [0.29, 0.717) is 31.5 Å². The Morgan fingerprint density at radius 3 is 2.33 bits per heavy atom. The number of hydrogen-bond acceptors (Lipinski definition) is 3. The fraction of sp³-hybridized carbons (Fsp3) is 0.385. The van der Waals surface area contributed by atoms with Crippen molar-refractivity contribution in [1.29, 1.82) is 0 Å². The number of nitrogens with one attached hydrogen (secondary N) is 1. The van der Waals surface area contributed by atoms with Gasteiger partial charge in [-0.2, -0.15) is 0 Å². The zero-order valence-corrected chi connectivity index (χ0v) is 10.0. The van der Waals surface area contributed by atoms with E-state index in [2.05, 4.69) is 0 Å². The van der Waals surface area contributed by atoms with Gasteiger partial charge in [-0.15, -0.1) is 0 Å². The first-order valence-electron chi connectivity index (χ1n) is 6.00. The van der Waals surface area contributed by atoms with Gasteiger partial charge < -0.3 is 4.90 Å². The monoisotopic (exact) mass is 248 g/mol. The number of carbonyl (C=O) groups is 2. The highest BCUT2D eigenvalue weighted by atomic mass is 16.5. The number of piperidine rings is 1. The van der Waals surface area contributed by atoms with E-state index >= 15 is 0 Å². The third-order valence-corrected chi connectivity index (χ3v) is 3.28. The highest BCUT2D eigenvalue weighted by molar-refractivity contribution is 5.94. The lowest BCUT2D eigenvalue weighted by Gasteiger charge is -2.30. The summed E-state index contributed by atoms with van der Waals surface area (Å²) in [5, 5.41) is 8.56. The highest BCUT2D eigenvalue weighted by Gasteiger charge is 2.27. The molecule has 0 bridgehead atoms. The summed E-state index contributed by atoms with van der Waals surface area (Å²) in [5.41, 5.74) is 2.34. The maximum atomic E-state index is 12.1. The quantitative estimate of drug-likeness (QED) is 0.607.